The van der Waals surface area contributed by atoms with Gasteiger partial charge in [0.05, 0.1) is 13.7 Å². The first-order chi connectivity index (χ1) is 12.6. The summed E-state index contributed by atoms with van der Waals surface area (Å²) < 4.78 is 10.9. The average Bonchev–Trinajstić information content (AvgIpc) is 2.64. The number of rotatable bonds is 8. The third-order valence-corrected chi connectivity index (χ3v) is 4.19. The Kier molecular flexibility index (Phi) is 10.9. The highest BCUT2D eigenvalue weighted by Crippen LogP contribution is 2.18. The molecule has 1 amide bonds. The first kappa shape index (κ1) is 23.3. The quantitative estimate of drug-likeness (QED) is 0.253. The van der Waals surface area contributed by atoms with Crippen molar-refractivity contribution in [1.29, 1.82) is 0 Å². The second kappa shape index (κ2) is 12.6. The van der Waals surface area contributed by atoms with E-state index in [4.69, 9.17) is 9.47 Å². The molecule has 0 bridgehead atoms. The third kappa shape index (κ3) is 8.23. The van der Waals surface area contributed by atoms with Crippen LogP contribution in [0, 0.1) is 0 Å². The molecule has 0 saturated carbocycles. The van der Waals surface area contributed by atoms with Gasteiger partial charge in [-0.2, -0.15) is 0 Å². The van der Waals surface area contributed by atoms with Gasteiger partial charge in [0.15, 0.2) is 5.96 Å². The molecule has 8 heteroatoms. The molecule has 152 valence electrons. The third-order valence-electron chi connectivity index (χ3n) is 4.19. The summed E-state index contributed by atoms with van der Waals surface area (Å²) in [6.07, 6.45) is 2.24. The smallest absolute Gasteiger partial charge is 0.222 e. The Morgan fingerprint density at radius 2 is 2.15 bits per heavy atom. The van der Waals surface area contributed by atoms with E-state index in [1.54, 1.807) is 12.0 Å². The van der Waals surface area contributed by atoms with Crippen LogP contribution in [-0.4, -0.2) is 63.2 Å². The van der Waals surface area contributed by atoms with Crippen LogP contribution in [-0.2, 0) is 4.79 Å². The molecular weight excluding hydrogens is 459 g/mol. The fraction of sp³-hybridized carbons (Fsp3) is 0.579. The van der Waals surface area contributed by atoms with Crippen LogP contribution in [0.25, 0.3) is 0 Å². The standard InChI is InChI=1S/C19H30N4O3.HI/c1-4-20-19(22-15-9-10-18(24)23(2)14-15)21-11-6-12-26-17-8-5-7-16(13-17)25-3;/h5,7-8,13,15H,4,6,9-12,14H2,1-3H3,(H2,20,21,22);1H. The number of guanidine groups is 1. The number of benzene rings is 1. The van der Waals surface area contributed by atoms with E-state index in [-0.39, 0.29) is 35.9 Å². The lowest BCUT2D eigenvalue weighted by Gasteiger charge is -2.31. The number of aliphatic imine (C=N–C) groups is 1. The minimum absolute atomic E-state index is 0. The summed E-state index contributed by atoms with van der Waals surface area (Å²) in [5.41, 5.74) is 0. The summed E-state index contributed by atoms with van der Waals surface area (Å²) in [4.78, 5) is 18.0. The Bertz CT molecular complexity index is 612. The average molecular weight is 490 g/mol. The normalized spacial score (nSPS) is 17.1. The molecule has 1 heterocycles. The van der Waals surface area contributed by atoms with Gasteiger partial charge in [-0.3, -0.25) is 9.79 Å². The van der Waals surface area contributed by atoms with Crippen LogP contribution in [0.2, 0.25) is 0 Å². The molecule has 1 atom stereocenters. The van der Waals surface area contributed by atoms with Gasteiger partial charge in [0, 0.05) is 51.6 Å². The summed E-state index contributed by atoms with van der Waals surface area (Å²) in [6.45, 7) is 4.81. The van der Waals surface area contributed by atoms with Gasteiger partial charge in [-0.05, 0) is 25.5 Å². The van der Waals surface area contributed by atoms with Crippen LogP contribution in [0.3, 0.4) is 0 Å². The van der Waals surface area contributed by atoms with Crippen molar-refractivity contribution in [2.45, 2.75) is 32.2 Å². The Morgan fingerprint density at radius 3 is 2.85 bits per heavy atom. The van der Waals surface area contributed by atoms with Gasteiger partial charge in [-0.15, -0.1) is 24.0 Å². The maximum atomic E-state index is 11.6. The highest BCUT2D eigenvalue weighted by atomic mass is 127. The zero-order valence-electron chi connectivity index (χ0n) is 16.4. The van der Waals surface area contributed by atoms with Crippen molar-refractivity contribution in [1.82, 2.24) is 15.5 Å². The van der Waals surface area contributed by atoms with Crippen molar-refractivity contribution >= 4 is 35.8 Å². The van der Waals surface area contributed by atoms with Gasteiger partial charge < -0.3 is 25.0 Å². The molecule has 2 rings (SSSR count). The lowest BCUT2D eigenvalue weighted by Crippen LogP contribution is -2.51. The predicted molar refractivity (Wildman–Crippen MR) is 118 cm³/mol. The van der Waals surface area contributed by atoms with Crippen molar-refractivity contribution in [2.75, 3.05) is 40.4 Å². The van der Waals surface area contributed by atoms with E-state index in [0.29, 0.717) is 26.1 Å². The number of nitrogens with one attached hydrogen (secondary N) is 2. The lowest BCUT2D eigenvalue weighted by atomic mass is 10.1. The van der Waals surface area contributed by atoms with Gasteiger partial charge in [-0.1, -0.05) is 6.07 Å². The van der Waals surface area contributed by atoms with Crippen LogP contribution in [0.1, 0.15) is 26.2 Å². The predicted octanol–water partition coefficient (Wildman–Crippen LogP) is 2.26. The lowest BCUT2D eigenvalue weighted by molar-refractivity contribution is -0.132. The molecule has 0 aliphatic carbocycles. The number of likely N-dealkylation sites (N-methyl/N-ethyl adjacent to an activating group) is 1. The number of hydrogen-bond acceptors (Lipinski definition) is 4. The van der Waals surface area contributed by atoms with E-state index in [9.17, 15) is 4.79 Å². The van der Waals surface area contributed by atoms with Crippen LogP contribution in [0.4, 0.5) is 0 Å². The van der Waals surface area contributed by atoms with E-state index in [0.717, 1.165) is 36.8 Å². The van der Waals surface area contributed by atoms with Crippen LogP contribution < -0.4 is 20.1 Å². The minimum atomic E-state index is 0. The zero-order chi connectivity index (χ0) is 18.8. The molecule has 1 aliphatic heterocycles. The largest absolute Gasteiger partial charge is 0.497 e. The van der Waals surface area contributed by atoms with Gasteiger partial charge >= 0.3 is 0 Å². The highest BCUT2D eigenvalue weighted by molar-refractivity contribution is 14.0. The maximum Gasteiger partial charge on any atom is 0.222 e. The fourth-order valence-electron chi connectivity index (χ4n) is 2.78. The molecule has 27 heavy (non-hydrogen) atoms. The summed E-state index contributed by atoms with van der Waals surface area (Å²) in [5, 5.41) is 6.68. The molecule has 0 spiro atoms. The molecule has 2 N–H and O–H groups in total. The van der Waals surface area contributed by atoms with Gasteiger partial charge in [-0.25, -0.2) is 0 Å². The molecule has 1 fully saturated rings. The number of ether oxygens (including phenoxy) is 2. The second-order valence-electron chi connectivity index (χ2n) is 6.30. The van der Waals surface area contributed by atoms with Crippen molar-refractivity contribution in [3.8, 4) is 11.5 Å². The molecule has 7 nitrogen and oxygen atoms in total. The second-order valence-corrected chi connectivity index (χ2v) is 6.30. The Hall–Kier alpha value is -1.71. The molecule has 1 aromatic carbocycles. The topological polar surface area (TPSA) is 75.2 Å². The number of carbonyl (C=O) groups excluding carboxylic acids is 1. The van der Waals surface area contributed by atoms with E-state index in [2.05, 4.69) is 15.6 Å². The van der Waals surface area contributed by atoms with Crippen molar-refractivity contribution < 1.29 is 14.3 Å². The SMILES string of the molecule is CCNC(=NCCCOc1cccc(OC)c1)NC1CCC(=O)N(C)C1.I. The number of piperidine rings is 1. The molecule has 0 aromatic heterocycles. The number of carbonyl (C=O) groups is 1. The Morgan fingerprint density at radius 1 is 1.37 bits per heavy atom. The highest BCUT2D eigenvalue weighted by Gasteiger charge is 2.23. The number of nitrogens with zero attached hydrogens (tertiary/aromatic N) is 2. The molecule has 0 radical (unpaired) electrons. The minimum Gasteiger partial charge on any atom is -0.497 e. The number of halogens is 1. The number of likely N-dealkylation sites (tertiary alicyclic amines) is 1. The number of methoxy groups -OCH3 is 1. The summed E-state index contributed by atoms with van der Waals surface area (Å²) in [6, 6.07) is 7.82. The number of hydrogen-bond donors (Lipinski definition) is 2. The summed E-state index contributed by atoms with van der Waals surface area (Å²) in [5.74, 6) is 2.59. The van der Waals surface area contributed by atoms with E-state index in [1.165, 1.54) is 0 Å². The maximum absolute atomic E-state index is 11.6. The van der Waals surface area contributed by atoms with Gasteiger partial charge in [0.2, 0.25) is 5.91 Å². The zero-order valence-corrected chi connectivity index (χ0v) is 18.7. The van der Waals surface area contributed by atoms with E-state index < -0.39 is 0 Å². The van der Waals surface area contributed by atoms with Crippen LogP contribution in [0.5, 0.6) is 11.5 Å². The van der Waals surface area contributed by atoms with Crippen molar-refractivity contribution in [3.05, 3.63) is 24.3 Å². The molecule has 1 aliphatic rings. The van der Waals surface area contributed by atoms with Crippen LogP contribution >= 0.6 is 24.0 Å². The fourth-order valence-corrected chi connectivity index (χ4v) is 2.78. The first-order valence-electron chi connectivity index (χ1n) is 9.18. The number of amides is 1. The van der Waals surface area contributed by atoms with E-state index in [1.807, 2.05) is 38.2 Å². The molecule has 1 unspecified atom stereocenters. The van der Waals surface area contributed by atoms with Crippen molar-refractivity contribution in [2.24, 2.45) is 4.99 Å². The first-order valence-corrected chi connectivity index (χ1v) is 9.18. The Balaban J connectivity index is 0.00000364. The van der Waals surface area contributed by atoms with Gasteiger partial charge in [0.25, 0.3) is 0 Å². The Labute approximate surface area is 178 Å². The summed E-state index contributed by atoms with van der Waals surface area (Å²) >= 11 is 0. The molecule has 1 aromatic rings. The summed E-state index contributed by atoms with van der Waals surface area (Å²) in [7, 11) is 3.49. The van der Waals surface area contributed by atoms with Gasteiger partial charge in [0.1, 0.15) is 11.5 Å². The van der Waals surface area contributed by atoms with Crippen molar-refractivity contribution in [3.63, 3.8) is 0 Å². The molecule has 1 saturated heterocycles. The monoisotopic (exact) mass is 490 g/mol. The van der Waals surface area contributed by atoms with Crippen LogP contribution in [0.15, 0.2) is 29.3 Å². The molecular formula is C19H31IN4O3. The van der Waals surface area contributed by atoms with E-state index >= 15 is 0 Å².